The molecule has 1 aliphatic heterocycles. The number of nitrogens with one attached hydrogen (secondary N) is 2. The standard InChI is InChI=1S/C13H24N2O2/c1-13(7-2-3-8-14-13)12(17)15-10-5-4-6-11(16)9-10/h10-11,14,16H,2-9H2,1H3,(H,15,17). The summed E-state index contributed by atoms with van der Waals surface area (Å²) in [5.41, 5.74) is -0.402. The lowest BCUT2D eigenvalue weighted by Crippen LogP contribution is -2.59. The highest BCUT2D eigenvalue weighted by Gasteiger charge is 2.35. The Morgan fingerprint density at radius 3 is 2.82 bits per heavy atom. The number of rotatable bonds is 2. The third kappa shape index (κ3) is 3.19. The Kier molecular flexibility index (Phi) is 4.05. The molecule has 0 bridgehead atoms. The summed E-state index contributed by atoms with van der Waals surface area (Å²) < 4.78 is 0. The van der Waals surface area contributed by atoms with Crippen LogP contribution in [-0.2, 0) is 4.79 Å². The third-order valence-corrected chi connectivity index (χ3v) is 4.10. The summed E-state index contributed by atoms with van der Waals surface area (Å²) in [4.78, 5) is 12.2. The van der Waals surface area contributed by atoms with Gasteiger partial charge in [-0.05, 0) is 58.4 Å². The van der Waals surface area contributed by atoms with E-state index < -0.39 is 5.54 Å². The summed E-state index contributed by atoms with van der Waals surface area (Å²) in [5.74, 6) is 0.108. The molecule has 17 heavy (non-hydrogen) atoms. The van der Waals surface area contributed by atoms with E-state index in [1.54, 1.807) is 0 Å². The largest absolute Gasteiger partial charge is 0.393 e. The van der Waals surface area contributed by atoms with Gasteiger partial charge < -0.3 is 15.7 Å². The maximum atomic E-state index is 12.2. The van der Waals surface area contributed by atoms with E-state index >= 15 is 0 Å². The van der Waals surface area contributed by atoms with Crippen molar-refractivity contribution < 1.29 is 9.90 Å². The number of hydrogen-bond acceptors (Lipinski definition) is 3. The monoisotopic (exact) mass is 240 g/mol. The smallest absolute Gasteiger partial charge is 0.240 e. The van der Waals surface area contributed by atoms with Gasteiger partial charge in [0.1, 0.15) is 0 Å². The first-order valence-electron chi connectivity index (χ1n) is 6.84. The number of carbonyl (C=O) groups is 1. The van der Waals surface area contributed by atoms with Gasteiger partial charge in [-0.2, -0.15) is 0 Å². The van der Waals surface area contributed by atoms with Crippen molar-refractivity contribution in [3.05, 3.63) is 0 Å². The van der Waals surface area contributed by atoms with Gasteiger partial charge in [-0.15, -0.1) is 0 Å². The van der Waals surface area contributed by atoms with E-state index in [-0.39, 0.29) is 18.1 Å². The fourth-order valence-electron chi connectivity index (χ4n) is 2.89. The van der Waals surface area contributed by atoms with Crippen LogP contribution in [0, 0.1) is 0 Å². The van der Waals surface area contributed by atoms with Crippen molar-refractivity contribution in [3.8, 4) is 0 Å². The highest BCUT2D eigenvalue weighted by atomic mass is 16.3. The lowest BCUT2D eigenvalue weighted by molar-refractivity contribution is -0.129. The molecule has 1 saturated carbocycles. The highest BCUT2D eigenvalue weighted by molar-refractivity contribution is 5.86. The first kappa shape index (κ1) is 12.8. The minimum atomic E-state index is -0.402. The van der Waals surface area contributed by atoms with Crippen molar-refractivity contribution in [2.24, 2.45) is 0 Å². The maximum absolute atomic E-state index is 12.2. The second-order valence-electron chi connectivity index (χ2n) is 5.71. The van der Waals surface area contributed by atoms with Crippen LogP contribution < -0.4 is 10.6 Å². The highest BCUT2D eigenvalue weighted by Crippen LogP contribution is 2.22. The molecule has 3 unspecified atom stereocenters. The van der Waals surface area contributed by atoms with Gasteiger partial charge in [-0.1, -0.05) is 0 Å². The second-order valence-corrected chi connectivity index (χ2v) is 5.71. The number of piperidine rings is 1. The van der Waals surface area contributed by atoms with Crippen LogP contribution in [0.25, 0.3) is 0 Å². The molecule has 1 amide bonds. The molecule has 0 aromatic heterocycles. The predicted molar refractivity (Wildman–Crippen MR) is 66.7 cm³/mol. The van der Waals surface area contributed by atoms with Gasteiger partial charge >= 0.3 is 0 Å². The second kappa shape index (κ2) is 5.36. The average molecular weight is 240 g/mol. The van der Waals surface area contributed by atoms with E-state index in [1.807, 2.05) is 6.92 Å². The fraction of sp³-hybridized carbons (Fsp3) is 0.923. The Hall–Kier alpha value is -0.610. The van der Waals surface area contributed by atoms with E-state index in [9.17, 15) is 9.90 Å². The van der Waals surface area contributed by atoms with Crippen LogP contribution in [0.15, 0.2) is 0 Å². The van der Waals surface area contributed by atoms with Gasteiger partial charge in [-0.3, -0.25) is 4.79 Å². The van der Waals surface area contributed by atoms with E-state index in [1.165, 1.54) is 0 Å². The van der Waals surface area contributed by atoms with E-state index in [4.69, 9.17) is 0 Å². The van der Waals surface area contributed by atoms with Crippen molar-refractivity contribution >= 4 is 5.91 Å². The molecule has 2 rings (SSSR count). The van der Waals surface area contributed by atoms with Crippen molar-refractivity contribution in [1.29, 1.82) is 0 Å². The van der Waals surface area contributed by atoms with Gasteiger partial charge in [0.25, 0.3) is 0 Å². The normalized spacial score (nSPS) is 38.7. The zero-order valence-electron chi connectivity index (χ0n) is 10.7. The van der Waals surface area contributed by atoms with Crippen molar-refractivity contribution in [2.75, 3.05) is 6.54 Å². The zero-order valence-corrected chi connectivity index (χ0v) is 10.7. The molecule has 3 N–H and O–H groups in total. The molecule has 0 aromatic rings. The first-order valence-corrected chi connectivity index (χ1v) is 6.84. The predicted octanol–water partition coefficient (Wildman–Crippen LogP) is 0.938. The molecular weight excluding hydrogens is 216 g/mol. The summed E-state index contributed by atoms with van der Waals surface area (Å²) in [5, 5.41) is 16.0. The molecule has 3 atom stereocenters. The summed E-state index contributed by atoms with van der Waals surface area (Å²) >= 11 is 0. The number of aliphatic hydroxyl groups excluding tert-OH is 1. The Morgan fingerprint density at radius 2 is 2.18 bits per heavy atom. The molecule has 0 radical (unpaired) electrons. The molecule has 2 aliphatic rings. The molecule has 4 heteroatoms. The summed E-state index contributed by atoms with van der Waals surface area (Å²) in [6.07, 6.45) is 6.54. The van der Waals surface area contributed by atoms with Gasteiger partial charge in [0.05, 0.1) is 11.6 Å². The summed E-state index contributed by atoms with van der Waals surface area (Å²) in [6, 6.07) is 0.159. The summed E-state index contributed by atoms with van der Waals surface area (Å²) in [6.45, 7) is 2.91. The Balaban J connectivity index is 1.87. The lowest BCUT2D eigenvalue weighted by Gasteiger charge is -2.36. The van der Waals surface area contributed by atoms with Crippen LogP contribution in [0.3, 0.4) is 0 Å². The fourth-order valence-corrected chi connectivity index (χ4v) is 2.89. The lowest BCUT2D eigenvalue weighted by atomic mass is 9.88. The van der Waals surface area contributed by atoms with Gasteiger partial charge in [-0.25, -0.2) is 0 Å². The molecule has 4 nitrogen and oxygen atoms in total. The van der Waals surface area contributed by atoms with Gasteiger partial charge in [0.15, 0.2) is 0 Å². The van der Waals surface area contributed by atoms with E-state index in [2.05, 4.69) is 10.6 Å². The third-order valence-electron chi connectivity index (χ3n) is 4.10. The van der Waals surface area contributed by atoms with Crippen molar-refractivity contribution in [1.82, 2.24) is 10.6 Å². The average Bonchev–Trinajstić information content (AvgIpc) is 2.30. The number of carbonyl (C=O) groups excluding carboxylic acids is 1. The van der Waals surface area contributed by atoms with Crippen molar-refractivity contribution in [2.45, 2.75) is 69.6 Å². The molecule has 1 heterocycles. The topological polar surface area (TPSA) is 61.4 Å². The maximum Gasteiger partial charge on any atom is 0.240 e. The SMILES string of the molecule is CC1(C(=O)NC2CCCC(O)C2)CCCCN1. The van der Waals surface area contributed by atoms with Crippen LogP contribution >= 0.6 is 0 Å². The van der Waals surface area contributed by atoms with Crippen molar-refractivity contribution in [3.63, 3.8) is 0 Å². The zero-order chi connectivity index (χ0) is 12.3. The summed E-state index contributed by atoms with van der Waals surface area (Å²) in [7, 11) is 0. The Bertz CT molecular complexity index is 275. The molecular formula is C13H24N2O2. The first-order chi connectivity index (χ1) is 8.10. The molecule has 1 aliphatic carbocycles. The van der Waals surface area contributed by atoms with Crippen LogP contribution in [0.2, 0.25) is 0 Å². The van der Waals surface area contributed by atoms with Crippen LogP contribution in [0.5, 0.6) is 0 Å². The molecule has 2 fully saturated rings. The van der Waals surface area contributed by atoms with Gasteiger partial charge in [0.2, 0.25) is 5.91 Å². The van der Waals surface area contributed by atoms with Gasteiger partial charge in [0, 0.05) is 6.04 Å². The Labute approximate surface area is 103 Å². The molecule has 0 aromatic carbocycles. The minimum absolute atomic E-state index is 0.108. The van der Waals surface area contributed by atoms with Crippen LogP contribution in [-0.4, -0.2) is 35.2 Å². The number of hydrogen-bond donors (Lipinski definition) is 3. The number of amides is 1. The number of aliphatic hydroxyl groups is 1. The minimum Gasteiger partial charge on any atom is -0.393 e. The molecule has 0 spiro atoms. The van der Waals surface area contributed by atoms with Crippen LogP contribution in [0.1, 0.15) is 51.9 Å². The van der Waals surface area contributed by atoms with E-state index in [0.29, 0.717) is 6.42 Å². The van der Waals surface area contributed by atoms with Crippen LogP contribution in [0.4, 0.5) is 0 Å². The van der Waals surface area contributed by atoms with E-state index in [0.717, 1.165) is 45.1 Å². The quantitative estimate of drug-likeness (QED) is 0.673. The Morgan fingerprint density at radius 1 is 1.35 bits per heavy atom. The molecule has 1 saturated heterocycles. The molecule has 98 valence electrons.